The van der Waals surface area contributed by atoms with Crippen molar-refractivity contribution in [2.75, 3.05) is 13.1 Å². The first-order valence-corrected chi connectivity index (χ1v) is 6.33. The van der Waals surface area contributed by atoms with Crippen LogP contribution < -0.4 is 0 Å². The van der Waals surface area contributed by atoms with Gasteiger partial charge in [0.2, 0.25) is 0 Å². The highest BCUT2D eigenvalue weighted by molar-refractivity contribution is 7.12. The van der Waals surface area contributed by atoms with E-state index in [0.29, 0.717) is 0 Å². The zero-order valence-corrected chi connectivity index (χ0v) is 9.89. The van der Waals surface area contributed by atoms with Crippen molar-refractivity contribution in [1.29, 1.82) is 5.26 Å². The van der Waals surface area contributed by atoms with Crippen LogP contribution in [-0.4, -0.2) is 18.0 Å². The third kappa shape index (κ3) is 2.39. The third-order valence-corrected chi connectivity index (χ3v) is 3.96. The topological polar surface area (TPSA) is 27.0 Å². The molecule has 1 atom stereocenters. The fourth-order valence-electron chi connectivity index (χ4n) is 2.10. The van der Waals surface area contributed by atoms with E-state index in [1.807, 2.05) is 0 Å². The van der Waals surface area contributed by atoms with Crippen LogP contribution in [0.25, 0.3) is 0 Å². The SMILES string of the molecule is Cc1ccc(C(C#N)N2CCCCC2)s1. The van der Waals surface area contributed by atoms with Gasteiger partial charge in [0, 0.05) is 9.75 Å². The van der Waals surface area contributed by atoms with Crippen molar-refractivity contribution >= 4 is 11.3 Å². The van der Waals surface area contributed by atoms with E-state index in [1.165, 1.54) is 29.0 Å². The number of aryl methyl sites for hydroxylation is 1. The van der Waals surface area contributed by atoms with Crippen molar-refractivity contribution in [1.82, 2.24) is 4.90 Å². The molecule has 1 aromatic rings. The maximum absolute atomic E-state index is 9.26. The Bertz CT molecular complexity index is 358. The van der Waals surface area contributed by atoms with Gasteiger partial charge >= 0.3 is 0 Å². The van der Waals surface area contributed by atoms with E-state index in [-0.39, 0.29) is 6.04 Å². The van der Waals surface area contributed by atoms with Crippen molar-refractivity contribution < 1.29 is 0 Å². The van der Waals surface area contributed by atoms with Crippen LogP contribution in [0.4, 0.5) is 0 Å². The van der Waals surface area contributed by atoms with Crippen LogP contribution in [-0.2, 0) is 0 Å². The lowest BCUT2D eigenvalue weighted by atomic mass is 10.1. The molecule has 1 aliphatic rings. The molecule has 0 aromatic carbocycles. The minimum absolute atomic E-state index is 0.0102. The molecule has 2 nitrogen and oxygen atoms in total. The second-order valence-corrected chi connectivity index (χ2v) is 5.40. The van der Waals surface area contributed by atoms with Crippen molar-refractivity contribution in [3.63, 3.8) is 0 Å². The first kappa shape index (κ1) is 10.7. The predicted octanol–water partition coefficient (Wildman–Crippen LogP) is 3.11. The maximum atomic E-state index is 9.26. The summed E-state index contributed by atoms with van der Waals surface area (Å²) in [6.45, 7) is 4.25. The molecular weight excluding hydrogens is 204 g/mol. The van der Waals surface area contributed by atoms with Gasteiger partial charge in [-0.25, -0.2) is 0 Å². The molecule has 1 aliphatic heterocycles. The Morgan fingerprint density at radius 1 is 1.33 bits per heavy atom. The van der Waals surface area contributed by atoms with Gasteiger partial charge in [-0.3, -0.25) is 4.90 Å². The zero-order chi connectivity index (χ0) is 10.7. The molecular formula is C12H16N2S. The Morgan fingerprint density at radius 3 is 2.60 bits per heavy atom. The van der Waals surface area contributed by atoms with Crippen molar-refractivity contribution in [2.24, 2.45) is 0 Å². The highest BCUT2D eigenvalue weighted by Gasteiger charge is 2.22. The number of rotatable bonds is 2. The summed E-state index contributed by atoms with van der Waals surface area (Å²) in [7, 11) is 0. The monoisotopic (exact) mass is 220 g/mol. The lowest BCUT2D eigenvalue weighted by molar-refractivity contribution is 0.198. The number of hydrogen-bond donors (Lipinski definition) is 0. The number of thiophene rings is 1. The maximum Gasteiger partial charge on any atom is 0.133 e. The van der Waals surface area contributed by atoms with Gasteiger partial charge in [0.25, 0.3) is 0 Å². The molecule has 1 unspecified atom stereocenters. The standard InChI is InChI=1S/C12H16N2S/c1-10-5-6-12(15-10)11(9-13)14-7-3-2-4-8-14/h5-6,11H,2-4,7-8H2,1H3. The Labute approximate surface area is 95.1 Å². The van der Waals surface area contributed by atoms with Gasteiger partial charge < -0.3 is 0 Å². The van der Waals surface area contributed by atoms with E-state index in [4.69, 9.17) is 0 Å². The van der Waals surface area contributed by atoms with Gasteiger partial charge in [0.1, 0.15) is 6.04 Å². The largest absolute Gasteiger partial charge is 0.284 e. The second kappa shape index (κ2) is 4.78. The Hall–Kier alpha value is -0.850. The van der Waals surface area contributed by atoms with Crippen LogP contribution in [0.1, 0.15) is 35.1 Å². The fourth-order valence-corrected chi connectivity index (χ4v) is 3.06. The van der Waals surface area contributed by atoms with Crippen molar-refractivity contribution in [3.8, 4) is 6.07 Å². The minimum atomic E-state index is -0.0102. The molecule has 0 bridgehead atoms. The number of nitrogens with zero attached hydrogens (tertiary/aromatic N) is 2. The quantitative estimate of drug-likeness (QED) is 0.765. The van der Waals surface area contributed by atoms with Crippen molar-refractivity contribution in [2.45, 2.75) is 32.2 Å². The van der Waals surface area contributed by atoms with Crippen LogP contribution in [0.2, 0.25) is 0 Å². The molecule has 0 saturated carbocycles. The van der Waals surface area contributed by atoms with Crippen molar-refractivity contribution in [3.05, 3.63) is 21.9 Å². The van der Waals surface area contributed by atoms with E-state index in [2.05, 4.69) is 30.0 Å². The lowest BCUT2D eigenvalue weighted by Gasteiger charge is -2.29. The molecule has 3 heteroatoms. The van der Waals surface area contributed by atoms with Gasteiger partial charge in [0.05, 0.1) is 6.07 Å². The molecule has 1 aromatic heterocycles. The summed E-state index contributed by atoms with van der Waals surface area (Å²) in [4.78, 5) is 4.81. The number of hydrogen-bond acceptors (Lipinski definition) is 3. The Morgan fingerprint density at radius 2 is 2.07 bits per heavy atom. The van der Waals surface area contributed by atoms with Gasteiger partial charge in [-0.05, 0) is 45.0 Å². The van der Waals surface area contributed by atoms with E-state index in [9.17, 15) is 5.26 Å². The normalized spacial score (nSPS) is 19.7. The van der Waals surface area contributed by atoms with E-state index in [0.717, 1.165) is 13.1 Å². The summed E-state index contributed by atoms with van der Waals surface area (Å²) in [5.74, 6) is 0. The van der Waals surface area contributed by atoms with Crippen LogP contribution >= 0.6 is 11.3 Å². The molecule has 0 N–H and O–H groups in total. The molecule has 0 amide bonds. The number of nitriles is 1. The first-order valence-electron chi connectivity index (χ1n) is 5.51. The molecule has 1 fully saturated rings. The molecule has 15 heavy (non-hydrogen) atoms. The lowest BCUT2D eigenvalue weighted by Crippen LogP contribution is -2.32. The average molecular weight is 220 g/mol. The molecule has 2 rings (SSSR count). The zero-order valence-electron chi connectivity index (χ0n) is 9.07. The first-order chi connectivity index (χ1) is 7.31. The van der Waals surface area contributed by atoms with Gasteiger partial charge in [0.15, 0.2) is 0 Å². The van der Waals surface area contributed by atoms with Crippen LogP contribution in [0.15, 0.2) is 12.1 Å². The summed E-state index contributed by atoms with van der Waals surface area (Å²) in [6, 6.07) is 6.63. The van der Waals surface area contributed by atoms with E-state index >= 15 is 0 Å². The average Bonchev–Trinajstić information content (AvgIpc) is 2.68. The third-order valence-electron chi connectivity index (χ3n) is 2.91. The number of likely N-dealkylation sites (tertiary alicyclic amines) is 1. The summed E-state index contributed by atoms with van der Waals surface area (Å²) in [5.41, 5.74) is 0. The smallest absolute Gasteiger partial charge is 0.133 e. The van der Waals surface area contributed by atoms with Crippen LogP contribution in [0, 0.1) is 18.3 Å². The molecule has 0 aliphatic carbocycles. The van der Waals surface area contributed by atoms with Crippen LogP contribution in [0.3, 0.4) is 0 Å². The molecule has 0 radical (unpaired) electrons. The molecule has 80 valence electrons. The molecule has 1 saturated heterocycles. The van der Waals surface area contributed by atoms with Gasteiger partial charge in [-0.1, -0.05) is 6.42 Å². The van der Waals surface area contributed by atoms with E-state index < -0.39 is 0 Å². The Kier molecular flexibility index (Phi) is 3.40. The molecule has 2 heterocycles. The predicted molar refractivity (Wildman–Crippen MR) is 62.8 cm³/mol. The van der Waals surface area contributed by atoms with Gasteiger partial charge in [-0.2, -0.15) is 5.26 Å². The Balaban J connectivity index is 2.13. The highest BCUT2D eigenvalue weighted by atomic mass is 32.1. The van der Waals surface area contributed by atoms with E-state index in [1.54, 1.807) is 11.3 Å². The highest BCUT2D eigenvalue weighted by Crippen LogP contribution is 2.29. The summed E-state index contributed by atoms with van der Waals surface area (Å²) < 4.78 is 0. The number of piperidine rings is 1. The summed E-state index contributed by atoms with van der Waals surface area (Å²) >= 11 is 1.75. The molecule has 0 spiro atoms. The minimum Gasteiger partial charge on any atom is -0.284 e. The summed E-state index contributed by atoms with van der Waals surface area (Å²) in [5, 5.41) is 9.26. The van der Waals surface area contributed by atoms with Gasteiger partial charge in [-0.15, -0.1) is 11.3 Å². The summed E-state index contributed by atoms with van der Waals surface area (Å²) in [6.07, 6.45) is 3.79. The second-order valence-electron chi connectivity index (χ2n) is 4.08. The fraction of sp³-hybridized carbons (Fsp3) is 0.583. The van der Waals surface area contributed by atoms with Crippen LogP contribution in [0.5, 0.6) is 0 Å².